The highest BCUT2D eigenvalue weighted by molar-refractivity contribution is 7.17. The van der Waals surface area contributed by atoms with E-state index in [0.717, 1.165) is 78.2 Å². The van der Waals surface area contributed by atoms with E-state index in [0.29, 0.717) is 11.8 Å². The van der Waals surface area contributed by atoms with Gasteiger partial charge in [0.1, 0.15) is 0 Å². The number of rotatable bonds is 12. The van der Waals surface area contributed by atoms with Gasteiger partial charge in [0, 0.05) is 95.3 Å². The van der Waals surface area contributed by atoms with Gasteiger partial charge in [0.2, 0.25) is 11.8 Å². The number of hydrogen-bond acceptors (Lipinski definition) is 16. The van der Waals surface area contributed by atoms with Crippen LogP contribution in [0.5, 0.6) is 11.8 Å². The van der Waals surface area contributed by atoms with Crippen molar-refractivity contribution in [3.63, 3.8) is 0 Å². The van der Waals surface area contributed by atoms with E-state index in [1.54, 1.807) is 95.8 Å². The summed E-state index contributed by atoms with van der Waals surface area (Å²) in [7, 11) is 6.97. The molecule has 0 fully saturated rings. The molecule has 0 unspecified atom stereocenters. The summed E-state index contributed by atoms with van der Waals surface area (Å²) >= 11 is 3.53. The van der Waals surface area contributed by atoms with Gasteiger partial charge in [0.05, 0.1) is 72.2 Å². The molecular weight excluding hydrogens is 941 g/mol. The van der Waals surface area contributed by atoms with Crippen molar-refractivity contribution in [2.45, 2.75) is 25.9 Å². The first kappa shape index (κ1) is 45.7. The minimum atomic E-state index is -0.244. The van der Waals surface area contributed by atoms with E-state index >= 15 is 0 Å². The number of hydrogen-bond donors (Lipinski definition) is 2. The maximum atomic E-state index is 5.25. The molecule has 0 aliphatic carbocycles. The summed E-state index contributed by atoms with van der Waals surface area (Å²) < 4.78 is 16.6. The van der Waals surface area contributed by atoms with Crippen molar-refractivity contribution >= 4 is 76.3 Å². The average molecular weight is 987 g/mol. The molecule has 0 amide bonds. The SMILES string of the molecule is COc1ccc([C@@H](Nc2cc(-c3ccc4scc(C)c4c3)c3nccnc3c2)c2cnnn2C)cn1.COc1ccc([C@H](Nc2cc(-c3ccc4scc(C)c4c3)c3nccnc3c2)c2cnnn2C)cn1. The second kappa shape index (κ2) is 19.6. The van der Waals surface area contributed by atoms with Crippen LogP contribution in [0.1, 0.15) is 45.7 Å². The Morgan fingerprint density at radius 3 is 1.33 bits per heavy atom. The first-order valence-electron chi connectivity index (χ1n) is 22.9. The first-order valence-corrected chi connectivity index (χ1v) is 24.7. The molecule has 8 heterocycles. The summed E-state index contributed by atoms with van der Waals surface area (Å²) in [6.45, 7) is 4.29. The molecule has 356 valence electrons. The van der Waals surface area contributed by atoms with Crippen LogP contribution in [-0.4, -0.2) is 74.1 Å². The highest BCUT2D eigenvalue weighted by atomic mass is 32.1. The fraction of sp³-hybridized carbons (Fsp3) is 0.148. The topological polar surface area (TPSA) is 181 Å². The molecule has 12 aromatic rings. The summed E-state index contributed by atoms with van der Waals surface area (Å²) in [5.41, 5.74) is 15.7. The maximum Gasteiger partial charge on any atom is 0.212 e. The Morgan fingerprint density at radius 1 is 0.500 bits per heavy atom. The zero-order valence-corrected chi connectivity index (χ0v) is 41.6. The van der Waals surface area contributed by atoms with Crippen LogP contribution in [0.25, 0.3) is 64.5 Å². The highest BCUT2D eigenvalue weighted by Crippen LogP contribution is 2.38. The van der Waals surface area contributed by atoms with Gasteiger partial charge < -0.3 is 20.1 Å². The van der Waals surface area contributed by atoms with Crippen LogP contribution in [-0.2, 0) is 14.1 Å². The van der Waals surface area contributed by atoms with Crippen molar-refractivity contribution in [2.24, 2.45) is 14.1 Å². The molecule has 0 bridgehead atoms. The number of aromatic nitrogens is 12. The molecule has 16 nitrogen and oxygen atoms in total. The van der Waals surface area contributed by atoms with Gasteiger partial charge >= 0.3 is 0 Å². The Labute approximate surface area is 421 Å². The number of fused-ring (bicyclic) bond motifs is 4. The summed E-state index contributed by atoms with van der Waals surface area (Å²) in [4.78, 5) is 27.4. The van der Waals surface area contributed by atoms with E-state index in [1.807, 2.05) is 50.5 Å². The van der Waals surface area contributed by atoms with E-state index in [-0.39, 0.29) is 12.1 Å². The summed E-state index contributed by atoms with van der Waals surface area (Å²) in [5, 5.41) is 30.7. The van der Waals surface area contributed by atoms with Crippen LogP contribution < -0.4 is 20.1 Å². The van der Waals surface area contributed by atoms with E-state index < -0.39 is 0 Å². The number of benzene rings is 4. The minimum Gasteiger partial charge on any atom is -0.481 e. The molecule has 0 aliphatic rings. The molecule has 0 saturated heterocycles. The molecule has 0 aliphatic heterocycles. The third-order valence-corrected chi connectivity index (χ3v) is 14.8. The standard InChI is InChI=1S/2C27H23N7OS/c2*1-16-15-36-24-6-4-17(10-20(16)24)21-11-19(12-22-27(21)29-9-8-28-22)32-26(23-14-31-33-34(23)2)18-5-7-25(35-3)30-13-18/h2*4-15,26,32H,1-3H3/t2*26-/m10/s1. The Balaban J connectivity index is 0.000000156. The third kappa shape index (κ3) is 8.99. The molecule has 4 aromatic carbocycles. The third-order valence-electron chi connectivity index (χ3n) is 12.6. The van der Waals surface area contributed by atoms with Crippen LogP contribution in [0.15, 0.2) is 145 Å². The van der Waals surface area contributed by atoms with Crippen LogP contribution in [0.3, 0.4) is 0 Å². The fourth-order valence-corrected chi connectivity index (χ4v) is 10.7. The highest BCUT2D eigenvalue weighted by Gasteiger charge is 2.23. The molecule has 2 N–H and O–H groups in total. The van der Waals surface area contributed by atoms with Gasteiger partial charge in [0.25, 0.3) is 0 Å². The Kier molecular flexibility index (Phi) is 12.4. The van der Waals surface area contributed by atoms with Crippen LogP contribution in [0.2, 0.25) is 0 Å². The van der Waals surface area contributed by atoms with Gasteiger partial charge in [0.15, 0.2) is 0 Å². The van der Waals surface area contributed by atoms with Crippen molar-refractivity contribution in [1.29, 1.82) is 0 Å². The number of thiophene rings is 2. The maximum absolute atomic E-state index is 5.25. The van der Waals surface area contributed by atoms with E-state index in [4.69, 9.17) is 9.47 Å². The van der Waals surface area contributed by atoms with E-state index in [9.17, 15) is 0 Å². The molecule has 18 heteroatoms. The van der Waals surface area contributed by atoms with Crippen LogP contribution in [0.4, 0.5) is 11.4 Å². The molecule has 0 radical (unpaired) electrons. The molecule has 8 aromatic heterocycles. The lowest BCUT2D eigenvalue weighted by atomic mass is 9.99. The molecule has 72 heavy (non-hydrogen) atoms. The lowest BCUT2D eigenvalue weighted by Gasteiger charge is -2.21. The Bertz CT molecular complexity index is 3630. The van der Waals surface area contributed by atoms with E-state index in [1.165, 1.54) is 31.3 Å². The monoisotopic (exact) mass is 986 g/mol. The smallest absolute Gasteiger partial charge is 0.212 e. The number of aryl methyl sites for hydroxylation is 4. The van der Waals surface area contributed by atoms with Crippen molar-refractivity contribution < 1.29 is 9.47 Å². The second-order valence-corrected chi connectivity index (χ2v) is 19.0. The molecule has 2 atom stereocenters. The lowest BCUT2D eigenvalue weighted by molar-refractivity contribution is 0.397. The van der Waals surface area contributed by atoms with Gasteiger partial charge in [-0.3, -0.25) is 19.9 Å². The van der Waals surface area contributed by atoms with Gasteiger partial charge in [-0.1, -0.05) is 22.6 Å². The first-order chi connectivity index (χ1) is 35.2. The normalized spacial score (nSPS) is 12.2. The number of ether oxygens (including phenoxy) is 2. The Hall–Kier alpha value is -8.74. The van der Waals surface area contributed by atoms with Gasteiger partial charge in [-0.15, -0.1) is 32.9 Å². The summed E-state index contributed by atoms with van der Waals surface area (Å²) in [5.74, 6) is 1.12. The van der Waals surface area contributed by atoms with Crippen molar-refractivity contribution in [1.82, 2.24) is 59.9 Å². The Morgan fingerprint density at radius 2 is 0.944 bits per heavy atom. The lowest BCUT2D eigenvalue weighted by Crippen LogP contribution is -2.16. The number of methoxy groups -OCH3 is 2. The van der Waals surface area contributed by atoms with Crippen molar-refractivity contribution in [3.8, 4) is 34.0 Å². The summed E-state index contributed by atoms with van der Waals surface area (Å²) in [6, 6.07) is 28.7. The molecule has 0 saturated carbocycles. The van der Waals surface area contributed by atoms with Gasteiger partial charge in [-0.05, 0) is 129 Å². The van der Waals surface area contributed by atoms with Gasteiger partial charge in [-0.25, -0.2) is 19.3 Å². The van der Waals surface area contributed by atoms with E-state index in [2.05, 4.69) is 134 Å². The predicted octanol–water partition coefficient (Wildman–Crippen LogP) is 11.1. The summed E-state index contributed by atoms with van der Waals surface area (Å²) in [6.07, 6.45) is 14.0. The molecule has 12 rings (SSSR count). The molecule has 0 spiro atoms. The number of nitrogens with zero attached hydrogens (tertiary/aromatic N) is 12. The minimum absolute atomic E-state index is 0.244. The largest absolute Gasteiger partial charge is 0.481 e. The number of anilines is 2. The second-order valence-electron chi connectivity index (χ2n) is 17.1. The number of pyridine rings is 2. The zero-order chi connectivity index (χ0) is 49.3. The number of nitrogens with one attached hydrogen (secondary N) is 2. The van der Waals surface area contributed by atoms with Crippen LogP contribution >= 0.6 is 22.7 Å². The quantitative estimate of drug-likeness (QED) is 0.118. The van der Waals surface area contributed by atoms with Crippen molar-refractivity contribution in [2.75, 3.05) is 24.9 Å². The van der Waals surface area contributed by atoms with Gasteiger partial charge in [-0.2, -0.15) is 0 Å². The fourth-order valence-electron chi connectivity index (χ4n) is 8.88. The average Bonchev–Trinajstić information content (AvgIpc) is 4.24. The zero-order valence-electron chi connectivity index (χ0n) is 40.0. The predicted molar refractivity (Wildman–Crippen MR) is 285 cm³/mol. The van der Waals surface area contributed by atoms with Crippen molar-refractivity contribution in [3.05, 3.63) is 179 Å². The van der Waals surface area contributed by atoms with Crippen LogP contribution in [0, 0.1) is 13.8 Å². The molecular formula is C54H46N14O2S2.